The van der Waals surface area contributed by atoms with Crippen molar-refractivity contribution in [3.63, 3.8) is 0 Å². The van der Waals surface area contributed by atoms with Gasteiger partial charge in [0.25, 0.3) is 0 Å². The molecular weight excluding hydrogens is 536 g/mol. The summed E-state index contributed by atoms with van der Waals surface area (Å²) in [7, 11) is 0. The van der Waals surface area contributed by atoms with Crippen molar-refractivity contribution < 1.29 is 8.83 Å². The number of benzene rings is 6. The minimum absolute atomic E-state index is 0.826. The highest BCUT2D eigenvalue weighted by atomic mass is 32.1. The third-order valence-corrected chi connectivity index (χ3v) is 9.03. The topological polar surface area (TPSA) is 42.4 Å². The molecule has 0 bridgehead atoms. The maximum absolute atomic E-state index is 6.71. The van der Waals surface area contributed by atoms with E-state index in [1.54, 1.807) is 11.3 Å². The average molecular weight is 559 g/mol. The Morgan fingerprint density at radius 1 is 0.524 bits per heavy atom. The van der Waals surface area contributed by atoms with Gasteiger partial charge in [0.15, 0.2) is 11.2 Å². The molecule has 9 aromatic rings. The fourth-order valence-corrected chi connectivity index (χ4v) is 7.15. The monoisotopic (exact) mass is 558 g/mol. The van der Waals surface area contributed by atoms with Crippen molar-refractivity contribution in [2.75, 3.05) is 4.90 Å². The van der Waals surface area contributed by atoms with Crippen LogP contribution >= 0.6 is 11.3 Å². The zero-order valence-corrected chi connectivity index (χ0v) is 23.1. The van der Waals surface area contributed by atoms with Gasteiger partial charge in [-0.1, -0.05) is 91.0 Å². The van der Waals surface area contributed by atoms with Gasteiger partial charge in [-0.3, -0.25) is 0 Å². The van der Waals surface area contributed by atoms with E-state index in [1.165, 1.54) is 0 Å². The lowest BCUT2D eigenvalue weighted by atomic mass is 10.1. The van der Waals surface area contributed by atoms with Crippen molar-refractivity contribution in [3.05, 3.63) is 133 Å². The van der Waals surface area contributed by atoms with Gasteiger partial charge in [-0.05, 0) is 42.5 Å². The van der Waals surface area contributed by atoms with E-state index in [4.69, 9.17) is 13.8 Å². The van der Waals surface area contributed by atoms with Gasteiger partial charge in [0, 0.05) is 32.8 Å². The summed E-state index contributed by atoms with van der Waals surface area (Å²) in [4.78, 5) is 7.23. The quantitative estimate of drug-likeness (QED) is 0.215. The lowest BCUT2D eigenvalue weighted by Gasteiger charge is -2.25. The minimum atomic E-state index is 0.826. The molecule has 0 saturated heterocycles. The number of furan rings is 2. The predicted octanol–water partition coefficient (Wildman–Crippen LogP) is 11.2. The maximum atomic E-state index is 6.71. The summed E-state index contributed by atoms with van der Waals surface area (Å²) in [6.07, 6.45) is 0. The number of hydrogen-bond acceptors (Lipinski definition) is 5. The summed E-state index contributed by atoms with van der Waals surface area (Å²) >= 11 is 1.71. The summed E-state index contributed by atoms with van der Waals surface area (Å²) in [5.74, 6) is 0. The van der Waals surface area contributed by atoms with E-state index in [9.17, 15) is 0 Å². The lowest BCUT2D eigenvalue weighted by molar-refractivity contribution is 0.666. The second kappa shape index (κ2) is 9.06. The highest BCUT2D eigenvalue weighted by Gasteiger charge is 2.24. The van der Waals surface area contributed by atoms with Crippen molar-refractivity contribution in [2.24, 2.45) is 0 Å². The summed E-state index contributed by atoms with van der Waals surface area (Å²) in [5, 5.41) is 5.35. The molecule has 5 heteroatoms. The van der Waals surface area contributed by atoms with Crippen LogP contribution in [0, 0.1) is 0 Å². The Morgan fingerprint density at radius 2 is 1.17 bits per heavy atom. The molecule has 0 atom stereocenters. The van der Waals surface area contributed by atoms with E-state index in [0.717, 1.165) is 81.7 Å². The number of anilines is 3. The molecule has 0 saturated carbocycles. The molecule has 0 unspecified atom stereocenters. The molecule has 0 aliphatic heterocycles. The number of aromatic nitrogens is 1. The van der Waals surface area contributed by atoms with Crippen LogP contribution in [0.2, 0.25) is 0 Å². The molecule has 198 valence electrons. The summed E-state index contributed by atoms with van der Waals surface area (Å²) < 4.78 is 14.3. The Bertz CT molecular complexity index is 2420. The number of nitrogens with zero attached hydrogens (tertiary/aromatic N) is 2. The summed E-state index contributed by atoms with van der Waals surface area (Å²) in [5.41, 5.74) is 8.41. The largest absolute Gasteiger partial charge is 0.454 e. The normalized spacial score (nSPS) is 11.8. The van der Waals surface area contributed by atoms with Gasteiger partial charge in [0.1, 0.15) is 16.2 Å². The van der Waals surface area contributed by atoms with Gasteiger partial charge in [0.05, 0.1) is 21.6 Å². The van der Waals surface area contributed by atoms with Crippen LogP contribution < -0.4 is 4.90 Å². The summed E-state index contributed by atoms with van der Waals surface area (Å²) in [6.45, 7) is 0. The van der Waals surface area contributed by atoms with Crippen molar-refractivity contribution in [1.82, 2.24) is 4.98 Å². The van der Waals surface area contributed by atoms with Crippen LogP contribution in [-0.2, 0) is 0 Å². The summed E-state index contributed by atoms with van der Waals surface area (Å²) in [6, 6.07) is 45.8. The first-order valence-corrected chi connectivity index (χ1v) is 14.7. The number of fused-ring (bicyclic) bond motifs is 8. The van der Waals surface area contributed by atoms with Crippen molar-refractivity contribution in [1.29, 1.82) is 0 Å². The first-order valence-electron chi connectivity index (χ1n) is 13.9. The molecule has 3 heterocycles. The standard InChI is InChI=1S/C37H22N2O2S/c1-3-11-23(12-4-1)37-38-28-21-22-32-33(36(28)42-37)27-17-10-19-30(35(27)41-32)39(24-13-5-2-6-14-24)29-18-9-16-26-25-15-7-8-20-31(25)40-34(26)29/h1-22H. The van der Waals surface area contributed by atoms with Crippen molar-refractivity contribution in [3.8, 4) is 10.6 Å². The SMILES string of the molecule is c1ccc(-c2nc3ccc4oc5c(N(c6ccccc6)c6cccc7c6oc6ccccc67)cccc5c4c3s2)cc1. The molecule has 0 fully saturated rings. The fraction of sp³-hybridized carbons (Fsp3) is 0. The molecule has 3 aromatic heterocycles. The third kappa shape index (κ3) is 3.44. The molecule has 9 rings (SSSR count). The Morgan fingerprint density at radius 3 is 1.98 bits per heavy atom. The maximum Gasteiger partial charge on any atom is 0.159 e. The molecule has 0 aliphatic rings. The van der Waals surface area contributed by atoms with E-state index in [-0.39, 0.29) is 0 Å². The number of rotatable bonds is 4. The van der Waals surface area contributed by atoms with Crippen LogP contribution in [0.4, 0.5) is 17.1 Å². The van der Waals surface area contributed by atoms with E-state index < -0.39 is 0 Å². The number of para-hydroxylation sites is 4. The third-order valence-electron chi connectivity index (χ3n) is 7.90. The highest BCUT2D eigenvalue weighted by molar-refractivity contribution is 7.22. The smallest absolute Gasteiger partial charge is 0.159 e. The second-order valence-electron chi connectivity index (χ2n) is 10.4. The first kappa shape index (κ1) is 23.3. The van der Waals surface area contributed by atoms with Gasteiger partial charge in [0.2, 0.25) is 0 Å². The molecule has 0 aliphatic carbocycles. The molecule has 0 amide bonds. The van der Waals surface area contributed by atoms with E-state index in [2.05, 4.69) is 108 Å². The van der Waals surface area contributed by atoms with Gasteiger partial charge in [-0.15, -0.1) is 11.3 Å². The minimum Gasteiger partial charge on any atom is -0.454 e. The Balaban J connectivity index is 1.33. The van der Waals surface area contributed by atoms with Gasteiger partial charge >= 0.3 is 0 Å². The van der Waals surface area contributed by atoms with Crippen LogP contribution in [0.3, 0.4) is 0 Å². The van der Waals surface area contributed by atoms with E-state index >= 15 is 0 Å². The molecule has 42 heavy (non-hydrogen) atoms. The van der Waals surface area contributed by atoms with Crippen LogP contribution in [0.5, 0.6) is 0 Å². The molecule has 6 aromatic carbocycles. The van der Waals surface area contributed by atoms with Gasteiger partial charge in [-0.2, -0.15) is 0 Å². The van der Waals surface area contributed by atoms with Gasteiger partial charge in [-0.25, -0.2) is 4.98 Å². The Hall–Kier alpha value is -5.39. The lowest BCUT2D eigenvalue weighted by Crippen LogP contribution is -2.10. The average Bonchev–Trinajstić information content (AvgIpc) is 3.76. The first-order chi connectivity index (χ1) is 20.8. The predicted molar refractivity (Wildman–Crippen MR) is 174 cm³/mol. The number of thiazole rings is 1. The Labute approximate surface area is 244 Å². The van der Waals surface area contributed by atoms with Gasteiger partial charge < -0.3 is 13.7 Å². The van der Waals surface area contributed by atoms with Crippen LogP contribution in [-0.4, -0.2) is 4.98 Å². The zero-order chi connectivity index (χ0) is 27.6. The number of hydrogen-bond donors (Lipinski definition) is 0. The fourth-order valence-electron chi connectivity index (χ4n) is 6.03. The van der Waals surface area contributed by atoms with Crippen LogP contribution in [0.15, 0.2) is 142 Å². The van der Waals surface area contributed by atoms with E-state index in [1.807, 2.05) is 30.3 Å². The Kier molecular flexibility index (Phi) is 5.03. The van der Waals surface area contributed by atoms with Crippen LogP contribution in [0.25, 0.3) is 64.7 Å². The molecule has 0 spiro atoms. The zero-order valence-electron chi connectivity index (χ0n) is 22.3. The van der Waals surface area contributed by atoms with E-state index in [0.29, 0.717) is 0 Å². The molecule has 4 nitrogen and oxygen atoms in total. The van der Waals surface area contributed by atoms with Crippen LogP contribution in [0.1, 0.15) is 0 Å². The van der Waals surface area contributed by atoms with Crippen molar-refractivity contribution >= 4 is 82.5 Å². The van der Waals surface area contributed by atoms with Crippen molar-refractivity contribution in [2.45, 2.75) is 0 Å². The molecule has 0 radical (unpaired) electrons. The highest BCUT2D eigenvalue weighted by Crippen LogP contribution is 2.47. The molecular formula is C37H22N2O2S. The molecule has 0 N–H and O–H groups in total. The second-order valence-corrected chi connectivity index (χ2v) is 11.3.